The van der Waals surface area contributed by atoms with Crippen LogP contribution in [0.25, 0.3) is 6.08 Å². The third-order valence-electron chi connectivity index (χ3n) is 7.27. The Bertz CT molecular complexity index is 1290. The molecule has 5 rings (SSSR count). The summed E-state index contributed by atoms with van der Waals surface area (Å²) < 4.78 is 0. The highest BCUT2D eigenvalue weighted by Gasteiger charge is 2.42. The first kappa shape index (κ1) is 23.0. The fraction of sp³-hybridized carbons (Fsp3) is 0.300. The molecule has 4 aliphatic rings. The first-order valence-corrected chi connectivity index (χ1v) is 12.3. The molecule has 2 unspecified atom stereocenters. The number of nitrogens with zero attached hydrogens (tertiary/aromatic N) is 1. The Labute approximate surface area is 205 Å². The van der Waals surface area contributed by atoms with Crippen LogP contribution in [0.15, 0.2) is 83.1 Å². The molecule has 0 saturated heterocycles. The summed E-state index contributed by atoms with van der Waals surface area (Å²) in [5, 5.41) is 9.32. The average molecular weight is 468 g/mol. The monoisotopic (exact) mass is 467 g/mol. The van der Waals surface area contributed by atoms with E-state index in [0.29, 0.717) is 17.5 Å². The number of carboxylic acid groups (broad SMARTS) is 1. The van der Waals surface area contributed by atoms with Gasteiger partial charge >= 0.3 is 5.97 Å². The van der Waals surface area contributed by atoms with Crippen molar-refractivity contribution < 1.29 is 19.5 Å². The summed E-state index contributed by atoms with van der Waals surface area (Å²) in [6, 6.07) is 6.73. The SMILES string of the molecule is C/C=C\C(=C/C1=CC(=O)C(=Cc2ccc3c(c2)C2CCCC2N3C2=CCCC=C2)C(=O)C1)C(=O)O. The number of anilines is 1. The van der Waals surface area contributed by atoms with Crippen molar-refractivity contribution in [1.29, 1.82) is 0 Å². The van der Waals surface area contributed by atoms with Crippen LogP contribution in [0.1, 0.15) is 62.5 Å². The van der Waals surface area contributed by atoms with Crippen molar-refractivity contribution >= 4 is 29.3 Å². The molecule has 0 amide bonds. The molecule has 1 aliphatic heterocycles. The molecule has 5 heteroatoms. The number of aliphatic carboxylic acids is 1. The number of hydrogen-bond acceptors (Lipinski definition) is 4. The largest absolute Gasteiger partial charge is 0.478 e. The maximum atomic E-state index is 12.9. The predicted octanol–water partition coefficient (Wildman–Crippen LogP) is 5.82. The lowest BCUT2D eigenvalue weighted by Gasteiger charge is -2.29. The Kier molecular flexibility index (Phi) is 6.25. The van der Waals surface area contributed by atoms with Crippen molar-refractivity contribution in [2.24, 2.45) is 0 Å². The molecule has 1 N–H and O–H groups in total. The van der Waals surface area contributed by atoms with Crippen LogP contribution in [0.2, 0.25) is 0 Å². The van der Waals surface area contributed by atoms with E-state index in [1.165, 1.54) is 48.0 Å². The van der Waals surface area contributed by atoms with Gasteiger partial charge in [0.2, 0.25) is 0 Å². The number of benzene rings is 1. The number of rotatable bonds is 5. The summed E-state index contributed by atoms with van der Waals surface area (Å²) in [5.74, 6) is -1.29. The van der Waals surface area contributed by atoms with Gasteiger partial charge in [-0.1, -0.05) is 36.8 Å². The van der Waals surface area contributed by atoms with Gasteiger partial charge in [0.05, 0.1) is 11.1 Å². The number of carbonyl (C=O) groups is 3. The van der Waals surface area contributed by atoms with Crippen LogP contribution in [0.4, 0.5) is 5.69 Å². The third-order valence-corrected chi connectivity index (χ3v) is 7.27. The van der Waals surface area contributed by atoms with E-state index in [9.17, 15) is 19.5 Å². The van der Waals surface area contributed by atoms with Gasteiger partial charge in [0.15, 0.2) is 11.6 Å². The summed E-state index contributed by atoms with van der Waals surface area (Å²) in [6.45, 7) is 1.72. The Balaban J connectivity index is 1.45. The van der Waals surface area contributed by atoms with Gasteiger partial charge in [0.1, 0.15) is 0 Å². The standard InChI is InChI=1S/C30H29NO4/c1-2-7-21(30(34)35)14-20-17-28(32)25(29(33)18-20)16-19-12-13-27-24(15-19)23-10-6-11-26(23)31(27)22-8-4-3-5-9-22/h2,4,7-9,12-17,23,26H,3,5-6,10-11,18H2,1H3,(H,34,35)/b7-2-,21-14+,25-16?. The second kappa shape index (κ2) is 9.49. The lowest BCUT2D eigenvalue weighted by Crippen LogP contribution is -2.30. The molecule has 2 atom stereocenters. The van der Waals surface area contributed by atoms with Crippen molar-refractivity contribution in [2.45, 2.75) is 57.4 Å². The zero-order valence-electron chi connectivity index (χ0n) is 19.9. The number of hydrogen-bond donors (Lipinski definition) is 1. The van der Waals surface area contributed by atoms with E-state index >= 15 is 0 Å². The summed E-state index contributed by atoms with van der Waals surface area (Å²) in [6.07, 6.45) is 20.0. The fourth-order valence-corrected chi connectivity index (χ4v) is 5.77. The molecule has 0 radical (unpaired) electrons. The van der Waals surface area contributed by atoms with Crippen LogP contribution >= 0.6 is 0 Å². The van der Waals surface area contributed by atoms with Gasteiger partial charge in [-0.2, -0.15) is 0 Å². The number of allylic oxidation sites excluding steroid dienone is 8. The first-order chi connectivity index (χ1) is 17.0. The molecule has 1 saturated carbocycles. The van der Waals surface area contributed by atoms with E-state index in [4.69, 9.17) is 0 Å². The Morgan fingerprint density at radius 2 is 2.03 bits per heavy atom. The van der Waals surface area contributed by atoms with Crippen LogP contribution in [0.3, 0.4) is 0 Å². The second-order valence-electron chi connectivity index (χ2n) is 9.55. The van der Waals surface area contributed by atoms with Crippen molar-refractivity contribution in [3.05, 3.63) is 94.3 Å². The van der Waals surface area contributed by atoms with E-state index in [0.717, 1.165) is 24.8 Å². The lowest BCUT2D eigenvalue weighted by atomic mass is 9.89. The first-order valence-electron chi connectivity index (χ1n) is 12.3. The normalized spacial score (nSPS) is 25.2. The molecule has 0 spiro atoms. The molecule has 1 heterocycles. The second-order valence-corrected chi connectivity index (χ2v) is 9.55. The molecule has 1 fully saturated rings. The minimum absolute atomic E-state index is 0.00974. The highest BCUT2D eigenvalue weighted by atomic mass is 16.4. The number of Topliss-reactive ketones (excluding diaryl/α,β-unsaturated/α-hetero) is 1. The summed E-state index contributed by atoms with van der Waals surface area (Å²) >= 11 is 0. The molecule has 1 aromatic rings. The van der Waals surface area contributed by atoms with Crippen LogP contribution in [-0.4, -0.2) is 28.7 Å². The number of ketones is 2. The Morgan fingerprint density at radius 1 is 1.17 bits per heavy atom. The number of carboxylic acids is 1. The quantitative estimate of drug-likeness (QED) is 0.336. The molecule has 178 valence electrons. The molecule has 3 aliphatic carbocycles. The average Bonchev–Trinajstić information content (AvgIpc) is 3.42. The van der Waals surface area contributed by atoms with E-state index in [2.05, 4.69) is 35.3 Å². The van der Waals surface area contributed by atoms with Crippen molar-refractivity contribution in [2.75, 3.05) is 4.90 Å². The molecular formula is C30H29NO4. The fourth-order valence-electron chi connectivity index (χ4n) is 5.77. The molecular weight excluding hydrogens is 438 g/mol. The number of carbonyl (C=O) groups excluding carboxylic acids is 2. The Hall–Kier alpha value is -3.73. The minimum atomic E-state index is -1.10. The van der Waals surface area contributed by atoms with Crippen molar-refractivity contribution in [3.8, 4) is 0 Å². The van der Waals surface area contributed by atoms with Gasteiger partial charge in [-0.25, -0.2) is 4.79 Å². The third kappa shape index (κ3) is 4.39. The van der Waals surface area contributed by atoms with E-state index in [1.807, 2.05) is 6.07 Å². The van der Waals surface area contributed by atoms with Gasteiger partial charge < -0.3 is 10.0 Å². The summed E-state index contributed by atoms with van der Waals surface area (Å²) in [7, 11) is 0. The van der Waals surface area contributed by atoms with Crippen molar-refractivity contribution in [1.82, 2.24) is 0 Å². The topological polar surface area (TPSA) is 74.7 Å². The highest BCUT2D eigenvalue weighted by molar-refractivity contribution is 6.29. The summed E-state index contributed by atoms with van der Waals surface area (Å²) in [4.78, 5) is 39.6. The van der Waals surface area contributed by atoms with Gasteiger partial charge in [0, 0.05) is 29.8 Å². The Morgan fingerprint density at radius 3 is 2.74 bits per heavy atom. The smallest absolute Gasteiger partial charge is 0.335 e. The lowest BCUT2D eigenvalue weighted by molar-refractivity contribution is -0.132. The zero-order chi connectivity index (χ0) is 24.5. The van der Waals surface area contributed by atoms with E-state index in [1.54, 1.807) is 19.1 Å². The molecule has 35 heavy (non-hydrogen) atoms. The molecule has 5 nitrogen and oxygen atoms in total. The van der Waals surface area contributed by atoms with Crippen LogP contribution in [0, 0.1) is 0 Å². The maximum Gasteiger partial charge on any atom is 0.335 e. The van der Waals surface area contributed by atoms with Crippen LogP contribution in [-0.2, 0) is 14.4 Å². The van der Waals surface area contributed by atoms with Gasteiger partial charge in [-0.15, -0.1) is 0 Å². The van der Waals surface area contributed by atoms with Gasteiger partial charge in [-0.05, 0) is 85.7 Å². The van der Waals surface area contributed by atoms with Crippen LogP contribution in [0.5, 0.6) is 0 Å². The van der Waals surface area contributed by atoms with E-state index < -0.39 is 5.97 Å². The van der Waals surface area contributed by atoms with E-state index in [-0.39, 0.29) is 29.1 Å². The molecule has 1 aromatic carbocycles. The molecule has 0 aromatic heterocycles. The minimum Gasteiger partial charge on any atom is -0.478 e. The maximum absolute atomic E-state index is 12.9. The zero-order valence-corrected chi connectivity index (χ0v) is 19.9. The van der Waals surface area contributed by atoms with Crippen molar-refractivity contribution in [3.63, 3.8) is 0 Å². The highest BCUT2D eigenvalue weighted by Crippen LogP contribution is 2.51. The summed E-state index contributed by atoms with van der Waals surface area (Å²) in [5.41, 5.74) is 5.28. The molecule has 0 bridgehead atoms. The van der Waals surface area contributed by atoms with Gasteiger partial charge in [0.25, 0.3) is 0 Å². The number of fused-ring (bicyclic) bond motifs is 3. The van der Waals surface area contributed by atoms with Gasteiger partial charge in [-0.3, -0.25) is 9.59 Å². The predicted molar refractivity (Wildman–Crippen MR) is 137 cm³/mol. The van der Waals surface area contributed by atoms with Crippen LogP contribution < -0.4 is 4.90 Å².